The molecule has 0 radical (unpaired) electrons. The summed E-state index contributed by atoms with van der Waals surface area (Å²) < 4.78 is 22.5. The van der Waals surface area contributed by atoms with Crippen molar-refractivity contribution in [2.75, 3.05) is 25.6 Å². The van der Waals surface area contributed by atoms with Gasteiger partial charge in [-0.1, -0.05) is 11.8 Å². The van der Waals surface area contributed by atoms with Gasteiger partial charge in [-0.25, -0.2) is 8.42 Å². The van der Waals surface area contributed by atoms with Crippen molar-refractivity contribution in [2.24, 2.45) is 0 Å². The molecule has 2 fully saturated rings. The molecule has 2 aliphatic rings. The molecule has 76 valence electrons. The van der Waals surface area contributed by atoms with Crippen LogP contribution in [0.1, 0.15) is 0 Å². The molecule has 2 N–H and O–H groups in total. The number of thioether (sulfide) groups is 1. The molecule has 2 heterocycles. The van der Waals surface area contributed by atoms with Crippen molar-refractivity contribution in [3.8, 4) is 0 Å². The number of fused-ring (bicyclic) bond motifs is 1. The third kappa shape index (κ3) is 1.86. The second kappa shape index (κ2) is 3.12. The molecule has 0 spiro atoms. The van der Waals surface area contributed by atoms with E-state index >= 15 is 0 Å². The first kappa shape index (κ1) is 9.76. The number of hydrogen-bond acceptors (Lipinski definition) is 4. The Labute approximate surface area is 83.0 Å². The predicted molar refractivity (Wildman–Crippen MR) is 53.6 cm³/mol. The zero-order valence-electron chi connectivity index (χ0n) is 7.78. The normalized spacial score (nSPS) is 42.5. The lowest BCUT2D eigenvalue weighted by Crippen LogP contribution is -3.11. The van der Waals surface area contributed by atoms with Gasteiger partial charge in [-0.15, -0.1) is 0 Å². The molecule has 4 nitrogen and oxygen atoms in total. The lowest BCUT2D eigenvalue weighted by Gasteiger charge is -2.16. The van der Waals surface area contributed by atoms with Crippen LogP contribution in [0.5, 0.6) is 0 Å². The highest BCUT2D eigenvalue weighted by Gasteiger charge is 2.46. The van der Waals surface area contributed by atoms with Crippen molar-refractivity contribution in [1.82, 2.24) is 5.32 Å². The first-order valence-corrected chi connectivity index (χ1v) is 7.16. The fraction of sp³-hybridized carbons (Fsp3) is 1.00. The van der Waals surface area contributed by atoms with E-state index in [9.17, 15) is 8.42 Å². The first-order valence-electron chi connectivity index (χ1n) is 4.40. The van der Waals surface area contributed by atoms with Gasteiger partial charge >= 0.3 is 0 Å². The Balaban J connectivity index is 2.05. The fourth-order valence-electron chi connectivity index (χ4n) is 1.82. The lowest BCUT2D eigenvalue weighted by molar-refractivity contribution is -0.872. The Morgan fingerprint density at radius 2 is 2.08 bits per heavy atom. The van der Waals surface area contributed by atoms with Gasteiger partial charge in [0.1, 0.15) is 0 Å². The van der Waals surface area contributed by atoms with Gasteiger partial charge in [-0.2, -0.15) is 0 Å². The van der Waals surface area contributed by atoms with Crippen molar-refractivity contribution < 1.29 is 13.3 Å². The molecule has 13 heavy (non-hydrogen) atoms. The zero-order valence-corrected chi connectivity index (χ0v) is 9.41. The summed E-state index contributed by atoms with van der Waals surface area (Å²) in [5, 5.41) is 3.64. The molecule has 0 aromatic rings. The van der Waals surface area contributed by atoms with Crippen LogP contribution in [0, 0.1) is 0 Å². The molecule has 0 aliphatic carbocycles. The van der Waals surface area contributed by atoms with Crippen LogP contribution in [-0.2, 0) is 9.84 Å². The lowest BCUT2D eigenvalue weighted by atomic mass is 10.3. The molecule has 0 aromatic carbocycles. The summed E-state index contributed by atoms with van der Waals surface area (Å²) in [4.78, 5) is 1.33. The number of nitrogens with one attached hydrogen (secondary N) is 2. The summed E-state index contributed by atoms with van der Waals surface area (Å²) in [5.74, 6) is 0.688. The highest BCUT2D eigenvalue weighted by atomic mass is 32.2. The summed E-state index contributed by atoms with van der Waals surface area (Å²) in [5.41, 5.74) is 0.366. The monoisotopic (exact) mass is 223 g/mol. The maximum absolute atomic E-state index is 11.3. The standard InChI is InChI=1S/C7H14N2O2S2/c1-9(2)7-8-5-3-13(10,11)4-6(5)12-7/h5-8H,3-4H2,1-2H3/p+1/t5-,6+,7?/m1/s1. The van der Waals surface area contributed by atoms with Gasteiger partial charge in [0.25, 0.3) is 0 Å². The van der Waals surface area contributed by atoms with E-state index in [4.69, 9.17) is 0 Å². The highest BCUT2D eigenvalue weighted by molar-refractivity contribution is 8.02. The molecular formula is C7H15N2O2S2+. The molecule has 0 aromatic heterocycles. The van der Waals surface area contributed by atoms with Crippen LogP contribution in [-0.4, -0.2) is 50.8 Å². The summed E-state index contributed by atoms with van der Waals surface area (Å²) in [7, 11) is 1.42. The molecule has 3 atom stereocenters. The van der Waals surface area contributed by atoms with Gasteiger partial charge in [-0.05, 0) is 0 Å². The van der Waals surface area contributed by atoms with Crippen LogP contribution in [0.4, 0.5) is 0 Å². The van der Waals surface area contributed by atoms with Crippen molar-refractivity contribution in [3.63, 3.8) is 0 Å². The maximum atomic E-state index is 11.3. The van der Waals surface area contributed by atoms with E-state index in [0.29, 0.717) is 17.0 Å². The smallest absolute Gasteiger partial charge is 0.189 e. The van der Waals surface area contributed by atoms with Crippen LogP contribution in [0.2, 0.25) is 0 Å². The Kier molecular flexibility index (Phi) is 2.34. The van der Waals surface area contributed by atoms with E-state index < -0.39 is 9.84 Å². The zero-order chi connectivity index (χ0) is 9.64. The Morgan fingerprint density at radius 3 is 2.62 bits per heavy atom. The Bertz CT molecular complexity index is 282. The summed E-state index contributed by atoms with van der Waals surface area (Å²) in [6, 6.07) is 0.190. The molecule has 2 rings (SSSR count). The molecule has 0 amide bonds. The second-order valence-corrected chi connectivity index (χ2v) is 7.48. The minimum Gasteiger partial charge on any atom is -0.316 e. The van der Waals surface area contributed by atoms with E-state index in [0.717, 1.165) is 0 Å². The number of rotatable bonds is 1. The quantitative estimate of drug-likeness (QED) is 0.535. The third-order valence-corrected chi connectivity index (χ3v) is 6.17. The van der Waals surface area contributed by atoms with Gasteiger partial charge in [0.2, 0.25) is 0 Å². The first-order chi connectivity index (χ1) is 5.98. The summed E-state index contributed by atoms with van der Waals surface area (Å²) >= 11 is 1.76. The number of hydrogen-bond donors (Lipinski definition) is 2. The Morgan fingerprint density at radius 1 is 1.38 bits per heavy atom. The van der Waals surface area contributed by atoms with Gasteiger partial charge in [0, 0.05) is 11.3 Å². The number of sulfone groups is 1. The summed E-state index contributed by atoms with van der Waals surface area (Å²) in [6.07, 6.45) is 0. The van der Waals surface area contributed by atoms with Crippen molar-refractivity contribution in [1.29, 1.82) is 0 Å². The van der Waals surface area contributed by atoms with Gasteiger partial charge in [0.05, 0.1) is 25.6 Å². The number of quaternary nitrogens is 1. The van der Waals surface area contributed by atoms with E-state index in [1.165, 1.54) is 4.90 Å². The molecule has 2 saturated heterocycles. The highest BCUT2D eigenvalue weighted by Crippen LogP contribution is 2.31. The van der Waals surface area contributed by atoms with E-state index in [2.05, 4.69) is 19.4 Å². The average Bonchev–Trinajstić information content (AvgIpc) is 2.39. The molecule has 0 saturated carbocycles. The van der Waals surface area contributed by atoms with Crippen LogP contribution in [0.15, 0.2) is 0 Å². The van der Waals surface area contributed by atoms with Crippen LogP contribution >= 0.6 is 11.8 Å². The SMILES string of the molecule is C[NH+](C)C1N[C@@H]2CS(=O)(=O)C[C@@H]2S1. The molecule has 2 aliphatic heterocycles. The van der Waals surface area contributed by atoms with Crippen LogP contribution in [0.25, 0.3) is 0 Å². The van der Waals surface area contributed by atoms with Gasteiger partial charge in [0.15, 0.2) is 15.3 Å². The largest absolute Gasteiger partial charge is 0.316 e. The molecular weight excluding hydrogens is 208 g/mol. The minimum atomic E-state index is -2.75. The minimum absolute atomic E-state index is 0.190. The van der Waals surface area contributed by atoms with Gasteiger partial charge < -0.3 is 4.90 Å². The van der Waals surface area contributed by atoms with E-state index in [-0.39, 0.29) is 11.3 Å². The average molecular weight is 223 g/mol. The predicted octanol–water partition coefficient (Wildman–Crippen LogP) is -2.08. The van der Waals surface area contributed by atoms with E-state index in [1.54, 1.807) is 11.8 Å². The van der Waals surface area contributed by atoms with Crippen LogP contribution < -0.4 is 10.2 Å². The van der Waals surface area contributed by atoms with Crippen LogP contribution in [0.3, 0.4) is 0 Å². The second-order valence-electron chi connectivity index (χ2n) is 3.98. The molecule has 1 unspecified atom stereocenters. The third-order valence-electron chi connectivity index (χ3n) is 2.50. The van der Waals surface area contributed by atoms with Gasteiger partial charge in [-0.3, -0.25) is 5.32 Å². The van der Waals surface area contributed by atoms with Crippen molar-refractivity contribution in [3.05, 3.63) is 0 Å². The summed E-state index contributed by atoms with van der Waals surface area (Å²) in [6.45, 7) is 0. The van der Waals surface area contributed by atoms with Crippen molar-refractivity contribution >= 4 is 21.6 Å². The topological polar surface area (TPSA) is 50.6 Å². The van der Waals surface area contributed by atoms with E-state index in [1.807, 2.05) is 0 Å². The maximum Gasteiger partial charge on any atom is 0.189 e. The molecule has 6 heteroatoms. The fourth-order valence-corrected chi connectivity index (χ4v) is 5.86. The molecule has 0 bridgehead atoms. The Hall–Kier alpha value is 0.220. The van der Waals surface area contributed by atoms with Crippen molar-refractivity contribution in [2.45, 2.75) is 16.8 Å².